The minimum atomic E-state index is -0.0383. The molecule has 5 aromatic carbocycles. The van der Waals surface area contributed by atoms with Gasteiger partial charge in [-0.05, 0) is 101 Å². The van der Waals surface area contributed by atoms with Crippen molar-refractivity contribution in [1.82, 2.24) is 0 Å². The van der Waals surface area contributed by atoms with Crippen LogP contribution in [0.3, 0.4) is 0 Å². The molecule has 222 valence electrons. The lowest BCUT2D eigenvalue weighted by molar-refractivity contribution is 0.443. The molecule has 0 heterocycles. The number of hydrogen-bond donors (Lipinski definition) is 0. The highest BCUT2D eigenvalue weighted by Gasteiger charge is 2.36. The van der Waals surface area contributed by atoms with Crippen LogP contribution in [0.1, 0.15) is 112 Å². The molecule has 0 radical (unpaired) electrons. The molecular weight excluding hydrogens is 530 g/mol. The van der Waals surface area contributed by atoms with Crippen LogP contribution in [0.5, 0.6) is 0 Å². The molecule has 0 N–H and O–H groups in total. The molecule has 0 aliphatic heterocycles. The molecule has 2 fully saturated rings. The van der Waals surface area contributed by atoms with Crippen molar-refractivity contribution in [3.8, 4) is 11.1 Å². The van der Waals surface area contributed by atoms with Crippen LogP contribution in [0.15, 0.2) is 103 Å². The van der Waals surface area contributed by atoms with Gasteiger partial charge in [0.1, 0.15) is 0 Å². The van der Waals surface area contributed by atoms with Gasteiger partial charge >= 0.3 is 0 Å². The van der Waals surface area contributed by atoms with Gasteiger partial charge in [-0.15, -0.1) is 0 Å². The molecular formula is C43H45N. The Morgan fingerprint density at radius 3 is 1.95 bits per heavy atom. The van der Waals surface area contributed by atoms with Crippen molar-refractivity contribution in [2.75, 3.05) is 4.90 Å². The van der Waals surface area contributed by atoms with Crippen LogP contribution in [0, 0.1) is 0 Å². The lowest BCUT2D eigenvalue weighted by Crippen LogP contribution is -2.18. The summed E-state index contributed by atoms with van der Waals surface area (Å²) in [5, 5.41) is 2.68. The summed E-state index contributed by atoms with van der Waals surface area (Å²) in [5.74, 6) is 1.31. The van der Waals surface area contributed by atoms with Gasteiger partial charge in [-0.2, -0.15) is 0 Å². The van der Waals surface area contributed by atoms with Gasteiger partial charge in [0, 0.05) is 22.2 Å². The minimum Gasteiger partial charge on any atom is -0.310 e. The highest BCUT2D eigenvalue weighted by Crippen LogP contribution is 2.52. The Morgan fingerprint density at radius 1 is 0.545 bits per heavy atom. The Bertz CT molecular complexity index is 1800. The summed E-state index contributed by atoms with van der Waals surface area (Å²) in [6.07, 6.45) is 13.4. The van der Waals surface area contributed by atoms with Crippen LogP contribution in [0.4, 0.5) is 17.1 Å². The maximum atomic E-state index is 2.62. The molecule has 3 aliphatic carbocycles. The third kappa shape index (κ3) is 4.68. The van der Waals surface area contributed by atoms with E-state index in [1.54, 1.807) is 0 Å². The second-order valence-corrected chi connectivity index (χ2v) is 14.2. The normalized spacial score (nSPS) is 18.2. The molecule has 0 spiro atoms. The maximum absolute atomic E-state index is 2.62. The first-order valence-electron chi connectivity index (χ1n) is 17.3. The van der Waals surface area contributed by atoms with Crippen LogP contribution in [-0.2, 0) is 5.41 Å². The van der Waals surface area contributed by atoms with Gasteiger partial charge in [0.15, 0.2) is 0 Å². The summed E-state index contributed by atoms with van der Waals surface area (Å²) in [5.41, 5.74) is 12.5. The van der Waals surface area contributed by atoms with Crippen molar-refractivity contribution in [2.45, 2.75) is 95.3 Å². The van der Waals surface area contributed by atoms with Crippen LogP contribution in [0.2, 0.25) is 0 Å². The summed E-state index contributed by atoms with van der Waals surface area (Å²) in [6, 6.07) is 39.9. The standard InChI is InChI=1S/C43H45N/c1-43(2)40-20-12-11-19-38(40)39-28-26-35(29-41(39)43)44(34-24-21-31(22-25-34)30-13-5-3-6-14-30)42-36-18-10-9-17-33(36)23-27-37(42)32-15-7-4-8-16-32/h9-12,17-30,32H,3-8,13-16H2,1-2H3. The van der Waals surface area contributed by atoms with Crippen molar-refractivity contribution in [3.63, 3.8) is 0 Å². The molecule has 5 aromatic rings. The van der Waals surface area contributed by atoms with E-state index in [1.165, 1.54) is 125 Å². The van der Waals surface area contributed by atoms with Crippen LogP contribution in [-0.4, -0.2) is 0 Å². The van der Waals surface area contributed by atoms with E-state index in [1.807, 2.05) is 0 Å². The average molecular weight is 576 g/mol. The number of fused-ring (bicyclic) bond motifs is 4. The highest BCUT2D eigenvalue weighted by molar-refractivity contribution is 6.01. The quantitative estimate of drug-likeness (QED) is 0.201. The summed E-state index contributed by atoms with van der Waals surface area (Å²) in [6.45, 7) is 4.80. The van der Waals surface area contributed by atoms with Crippen molar-refractivity contribution in [2.24, 2.45) is 0 Å². The maximum Gasteiger partial charge on any atom is 0.0574 e. The summed E-state index contributed by atoms with van der Waals surface area (Å²) >= 11 is 0. The SMILES string of the molecule is CC1(C)c2ccccc2-c2ccc(N(c3ccc(C4CCCCC4)cc3)c3c(C4CCCCC4)ccc4ccccc34)cc21. The van der Waals surface area contributed by atoms with E-state index in [9.17, 15) is 0 Å². The van der Waals surface area contributed by atoms with E-state index in [-0.39, 0.29) is 5.41 Å². The van der Waals surface area contributed by atoms with Gasteiger partial charge < -0.3 is 4.90 Å². The molecule has 8 rings (SSSR count). The van der Waals surface area contributed by atoms with Crippen LogP contribution in [0.25, 0.3) is 21.9 Å². The molecule has 0 unspecified atom stereocenters. The fourth-order valence-corrected chi connectivity index (χ4v) is 8.83. The Hall–Kier alpha value is -3.84. The third-order valence-electron chi connectivity index (χ3n) is 11.3. The number of anilines is 3. The highest BCUT2D eigenvalue weighted by atomic mass is 15.1. The number of benzene rings is 5. The Morgan fingerprint density at radius 2 is 1.18 bits per heavy atom. The number of nitrogens with zero attached hydrogens (tertiary/aromatic N) is 1. The smallest absolute Gasteiger partial charge is 0.0574 e. The van der Waals surface area contributed by atoms with E-state index in [0.29, 0.717) is 11.8 Å². The van der Waals surface area contributed by atoms with E-state index in [4.69, 9.17) is 0 Å². The topological polar surface area (TPSA) is 3.24 Å². The molecule has 0 aromatic heterocycles. The zero-order valence-corrected chi connectivity index (χ0v) is 26.5. The molecule has 44 heavy (non-hydrogen) atoms. The zero-order valence-electron chi connectivity index (χ0n) is 26.5. The van der Waals surface area contributed by atoms with Gasteiger partial charge in [0.05, 0.1) is 5.69 Å². The minimum absolute atomic E-state index is 0.0383. The van der Waals surface area contributed by atoms with Crippen LogP contribution < -0.4 is 4.90 Å². The Kier molecular flexibility index (Phi) is 7.09. The molecule has 2 saturated carbocycles. The fourth-order valence-electron chi connectivity index (χ4n) is 8.83. The zero-order chi connectivity index (χ0) is 29.7. The summed E-state index contributed by atoms with van der Waals surface area (Å²) in [7, 11) is 0. The first-order valence-corrected chi connectivity index (χ1v) is 17.3. The molecule has 0 atom stereocenters. The molecule has 0 amide bonds. The molecule has 0 saturated heterocycles. The Balaban J connectivity index is 1.34. The molecule has 0 bridgehead atoms. The van der Waals surface area contributed by atoms with Gasteiger partial charge in [-0.25, -0.2) is 0 Å². The second-order valence-electron chi connectivity index (χ2n) is 14.2. The third-order valence-corrected chi connectivity index (χ3v) is 11.3. The van der Waals surface area contributed by atoms with E-state index < -0.39 is 0 Å². The van der Waals surface area contributed by atoms with Gasteiger partial charge in [-0.1, -0.05) is 131 Å². The fraction of sp³-hybridized carbons (Fsp3) is 0.349. The molecule has 1 nitrogen and oxygen atoms in total. The van der Waals surface area contributed by atoms with Crippen molar-refractivity contribution in [1.29, 1.82) is 0 Å². The molecule has 1 heteroatoms. The van der Waals surface area contributed by atoms with Crippen LogP contribution >= 0.6 is 0 Å². The number of hydrogen-bond acceptors (Lipinski definition) is 1. The first-order chi connectivity index (χ1) is 21.6. The average Bonchev–Trinajstić information content (AvgIpc) is 3.32. The second kappa shape index (κ2) is 11.3. The lowest BCUT2D eigenvalue weighted by Gasteiger charge is -2.34. The van der Waals surface area contributed by atoms with Crippen molar-refractivity contribution >= 4 is 27.8 Å². The van der Waals surface area contributed by atoms with Gasteiger partial charge in [0.2, 0.25) is 0 Å². The monoisotopic (exact) mass is 575 g/mol. The predicted molar refractivity (Wildman–Crippen MR) is 188 cm³/mol. The summed E-state index contributed by atoms with van der Waals surface area (Å²) in [4.78, 5) is 2.62. The predicted octanol–water partition coefficient (Wildman–Crippen LogP) is 12.7. The van der Waals surface area contributed by atoms with E-state index in [0.717, 1.165) is 0 Å². The van der Waals surface area contributed by atoms with Crippen molar-refractivity contribution < 1.29 is 0 Å². The largest absolute Gasteiger partial charge is 0.310 e. The summed E-state index contributed by atoms with van der Waals surface area (Å²) < 4.78 is 0. The Labute approximate surface area is 264 Å². The van der Waals surface area contributed by atoms with Gasteiger partial charge in [0.25, 0.3) is 0 Å². The number of rotatable bonds is 5. The van der Waals surface area contributed by atoms with E-state index >= 15 is 0 Å². The lowest BCUT2D eigenvalue weighted by atomic mass is 9.81. The van der Waals surface area contributed by atoms with E-state index in [2.05, 4.69) is 122 Å². The van der Waals surface area contributed by atoms with Gasteiger partial charge in [-0.3, -0.25) is 0 Å². The molecule has 3 aliphatic rings. The first kappa shape index (κ1) is 27.7. The van der Waals surface area contributed by atoms with Crippen molar-refractivity contribution in [3.05, 3.63) is 125 Å².